The van der Waals surface area contributed by atoms with Gasteiger partial charge in [0, 0.05) is 48.4 Å². The number of hydrogen-bond donors (Lipinski definition) is 0. The van der Waals surface area contributed by atoms with Crippen molar-refractivity contribution in [2.24, 2.45) is 5.16 Å². The van der Waals surface area contributed by atoms with Crippen LogP contribution in [0.4, 0.5) is 0 Å². The lowest BCUT2D eigenvalue weighted by Crippen LogP contribution is -2.21. The van der Waals surface area contributed by atoms with Crippen LogP contribution in [-0.4, -0.2) is 45.3 Å². The molecule has 0 fully saturated rings. The Balaban J connectivity index is 1.50. The quantitative estimate of drug-likeness (QED) is 0.514. The topological polar surface area (TPSA) is 72.7 Å². The minimum atomic E-state index is -0.0276. The van der Waals surface area contributed by atoms with Crippen LogP contribution in [0.2, 0.25) is 0 Å². The summed E-state index contributed by atoms with van der Waals surface area (Å²) in [6.45, 7) is 4.06. The van der Waals surface area contributed by atoms with Crippen LogP contribution in [0.5, 0.6) is 5.75 Å². The van der Waals surface area contributed by atoms with Gasteiger partial charge in [0.25, 0.3) is 0 Å². The fraction of sp³-hybridized carbons (Fsp3) is 0.364. The molecule has 0 spiro atoms. The van der Waals surface area contributed by atoms with E-state index in [9.17, 15) is 0 Å². The van der Waals surface area contributed by atoms with Gasteiger partial charge in [-0.3, -0.25) is 14.9 Å². The molecule has 0 saturated carbocycles. The summed E-state index contributed by atoms with van der Waals surface area (Å²) >= 11 is 1.61. The van der Waals surface area contributed by atoms with E-state index in [2.05, 4.69) is 50.4 Å². The first-order valence-electron chi connectivity index (χ1n) is 10.0. The molecule has 1 aliphatic rings. The second-order valence-corrected chi connectivity index (χ2v) is 8.04. The van der Waals surface area contributed by atoms with Crippen molar-refractivity contribution in [3.63, 3.8) is 0 Å². The molecule has 3 heterocycles. The molecule has 156 valence electrons. The zero-order chi connectivity index (χ0) is 20.8. The number of oxime groups is 1. The second-order valence-electron chi connectivity index (χ2n) is 7.32. The molecule has 0 amide bonds. The Hall–Kier alpha value is -2.84. The molecule has 7 nitrogen and oxygen atoms in total. The maximum Gasteiger partial charge on any atom is 0.166 e. The Labute approximate surface area is 180 Å². The van der Waals surface area contributed by atoms with Gasteiger partial charge in [-0.15, -0.1) is 11.3 Å². The van der Waals surface area contributed by atoms with Crippen molar-refractivity contribution in [1.82, 2.24) is 19.9 Å². The van der Waals surface area contributed by atoms with Crippen LogP contribution < -0.4 is 4.74 Å². The molecule has 1 aromatic carbocycles. The molecule has 2 aromatic heterocycles. The smallest absolute Gasteiger partial charge is 0.166 e. The Kier molecular flexibility index (Phi) is 6.66. The van der Waals surface area contributed by atoms with Gasteiger partial charge in [-0.1, -0.05) is 12.1 Å². The molecule has 4 rings (SSSR count). The fourth-order valence-electron chi connectivity index (χ4n) is 3.36. The Morgan fingerprint density at radius 1 is 1.23 bits per heavy atom. The highest BCUT2D eigenvalue weighted by molar-refractivity contribution is 7.07. The Morgan fingerprint density at radius 2 is 2.17 bits per heavy atom. The Morgan fingerprint density at radius 3 is 2.90 bits per heavy atom. The molecule has 30 heavy (non-hydrogen) atoms. The molecule has 1 unspecified atom stereocenters. The first-order chi connectivity index (χ1) is 14.7. The van der Waals surface area contributed by atoms with Gasteiger partial charge in [0.1, 0.15) is 12.4 Å². The molecule has 3 aromatic rings. The van der Waals surface area contributed by atoms with E-state index in [1.54, 1.807) is 29.9 Å². The molecule has 1 aliphatic heterocycles. The zero-order valence-corrected chi connectivity index (χ0v) is 18.0. The molecular formula is C22H25N5O2S. The number of nitrogens with zero attached hydrogens (tertiary/aromatic N) is 5. The minimum Gasteiger partial charge on any atom is -0.489 e. The van der Waals surface area contributed by atoms with Crippen molar-refractivity contribution >= 4 is 17.0 Å². The monoisotopic (exact) mass is 423 g/mol. The first-order valence-corrected chi connectivity index (χ1v) is 10.9. The minimum absolute atomic E-state index is 0.0276. The molecular weight excluding hydrogens is 398 g/mol. The lowest BCUT2D eigenvalue weighted by atomic mass is 10.1. The third kappa shape index (κ3) is 5.20. The second kappa shape index (κ2) is 9.77. The van der Waals surface area contributed by atoms with Crippen molar-refractivity contribution in [3.05, 3.63) is 58.9 Å². The van der Waals surface area contributed by atoms with Crippen LogP contribution in [0, 0.1) is 0 Å². The molecule has 1 atom stereocenters. The third-order valence-corrected chi connectivity index (χ3v) is 5.54. The zero-order valence-electron chi connectivity index (χ0n) is 17.2. The van der Waals surface area contributed by atoms with Gasteiger partial charge in [-0.25, -0.2) is 4.98 Å². The van der Waals surface area contributed by atoms with E-state index in [1.807, 2.05) is 17.6 Å². The van der Waals surface area contributed by atoms with E-state index in [1.165, 1.54) is 0 Å². The number of rotatable bonds is 9. The van der Waals surface area contributed by atoms with Crippen molar-refractivity contribution in [1.29, 1.82) is 0 Å². The summed E-state index contributed by atoms with van der Waals surface area (Å²) in [4.78, 5) is 20.7. The third-order valence-electron chi connectivity index (χ3n) is 4.90. The summed E-state index contributed by atoms with van der Waals surface area (Å²) in [5.41, 5.74) is 6.96. The largest absolute Gasteiger partial charge is 0.489 e. The van der Waals surface area contributed by atoms with Gasteiger partial charge in [0.05, 0.1) is 28.8 Å². The standard InChI is InChI=1S/C22H25N5O2S/c1-3-18-9-20(29-26-18)13-28-22-5-4-16(21-10-23-6-7-24-21)8-17(22)11-27(2)12-19-14-30-15-25-19/h4-8,10,14-15,20H,3,9,11-13H2,1-2H3. The fourth-order valence-corrected chi connectivity index (χ4v) is 3.91. The van der Waals surface area contributed by atoms with Crippen molar-refractivity contribution in [3.8, 4) is 17.0 Å². The number of thiazole rings is 1. The highest BCUT2D eigenvalue weighted by atomic mass is 32.1. The number of ether oxygens (including phenoxy) is 1. The van der Waals surface area contributed by atoms with Crippen LogP contribution >= 0.6 is 11.3 Å². The normalized spacial score (nSPS) is 15.8. The van der Waals surface area contributed by atoms with Gasteiger partial charge in [0.2, 0.25) is 0 Å². The van der Waals surface area contributed by atoms with Crippen LogP contribution in [0.15, 0.2) is 52.8 Å². The van der Waals surface area contributed by atoms with Crippen molar-refractivity contribution < 1.29 is 9.57 Å². The molecule has 8 heteroatoms. The first kappa shape index (κ1) is 20.4. The number of aromatic nitrogens is 3. The average Bonchev–Trinajstić information content (AvgIpc) is 3.45. The predicted octanol–water partition coefficient (Wildman–Crippen LogP) is 4.17. The van der Waals surface area contributed by atoms with Gasteiger partial charge in [0.15, 0.2) is 6.10 Å². The van der Waals surface area contributed by atoms with E-state index in [0.29, 0.717) is 6.61 Å². The van der Waals surface area contributed by atoms with Gasteiger partial charge in [-0.2, -0.15) is 0 Å². The summed E-state index contributed by atoms with van der Waals surface area (Å²) in [6, 6.07) is 6.15. The van der Waals surface area contributed by atoms with Crippen LogP contribution in [0.25, 0.3) is 11.3 Å². The lowest BCUT2D eigenvalue weighted by Gasteiger charge is -2.20. The molecule has 0 aliphatic carbocycles. The summed E-state index contributed by atoms with van der Waals surface area (Å²) < 4.78 is 6.17. The van der Waals surface area contributed by atoms with Crippen molar-refractivity contribution in [2.45, 2.75) is 39.0 Å². The summed E-state index contributed by atoms with van der Waals surface area (Å²) in [6.07, 6.45) is 6.87. The molecule has 0 N–H and O–H groups in total. The van der Waals surface area contributed by atoms with E-state index < -0.39 is 0 Å². The van der Waals surface area contributed by atoms with Crippen LogP contribution in [0.3, 0.4) is 0 Å². The van der Waals surface area contributed by atoms with Crippen LogP contribution in [-0.2, 0) is 17.9 Å². The summed E-state index contributed by atoms with van der Waals surface area (Å²) in [5.74, 6) is 0.848. The Bertz CT molecular complexity index is 978. The summed E-state index contributed by atoms with van der Waals surface area (Å²) in [7, 11) is 2.08. The maximum atomic E-state index is 6.17. The van der Waals surface area contributed by atoms with Gasteiger partial charge < -0.3 is 9.57 Å². The van der Waals surface area contributed by atoms with Crippen LogP contribution in [0.1, 0.15) is 31.0 Å². The predicted molar refractivity (Wildman–Crippen MR) is 117 cm³/mol. The van der Waals surface area contributed by atoms with E-state index in [4.69, 9.17) is 9.57 Å². The summed E-state index contributed by atoms with van der Waals surface area (Å²) in [5, 5.41) is 6.20. The molecule has 0 radical (unpaired) electrons. The highest BCUT2D eigenvalue weighted by Gasteiger charge is 2.21. The number of benzene rings is 1. The van der Waals surface area contributed by atoms with E-state index >= 15 is 0 Å². The molecule has 0 bridgehead atoms. The van der Waals surface area contributed by atoms with Gasteiger partial charge in [-0.05, 0) is 31.7 Å². The molecule has 0 saturated heterocycles. The van der Waals surface area contributed by atoms with E-state index in [-0.39, 0.29) is 6.10 Å². The van der Waals surface area contributed by atoms with E-state index in [0.717, 1.165) is 59.9 Å². The van der Waals surface area contributed by atoms with Crippen molar-refractivity contribution in [2.75, 3.05) is 13.7 Å². The highest BCUT2D eigenvalue weighted by Crippen LogP contribution is 2.27. The number of hydrogen-bond acceptors (Lipinski definition) is 8. The average molecular weight is 424 g/mol. The maximum absolute atomic E-state index is 6.17. The lowest BCUT2D eigenvalue weighted by molar-refractivity contribution is 0.0466. The SMILES string of the molecule is CCC1=NOC(COc2ccc(-c3cnccn3)cc2CN(C)Cc2cscn2)C1. The van der Waals surface area contributed by atoms with Gasteiger partial charge >= 0.3 is 0 Å².